The maximum Gasteiger partial charge on any atom is 0.365 e. The summed E-state index contributed by atoms with van der Waals surface area (Å²) < 4.78 is 0. The molecule has 0 amide bonds. The molecule has 0 spiro atoms. The Morgan fingerprint density at radius 3 is 2.94 bits per heavy atom. The van der Waals surface area contributed by atoms with E-state index in [9.17, 15) is 4.79 Å². The lowest BCUT2D eigenvalue weighted by atomic mass is 10.0. The summed E-state index contributed by atoms with van der Waals surface area (Å²) in [5, 5.41) is 14.1. The van der Waals surface area contributed by atoms with Gasteiger partial charge in [-0.15, -0.1) is 11.3 Å². The first-order valence-electron chi connectivity index (χ1n) is 6.04. The Hall–Kier alpha value is -0.940. The van der Waals surface area contributed by atoms with Gasteiger partial charge in [-0.2, -0.15) is 0 Å². The molecular weight excluding hydrogens is 236 g/mol. The zero-order valence-corrected chi connectivity index (χ0v) is 10.8. The maximum absolute atomic E-state index is 10.7. The highest BCUT2D eigenvalue weighted by molar-refractivity contribution is 7.11. The van der Waals surface area contributed by atoms with Gasteiger partial charge in [0.05, 0.1) is 5.69 Å². The number of aromatic carboxylic acids is 1. The van der Waals surface area contributed by atoms with Gasteiger partial charge in [-0.05, 0) is 24.7 Å². The fraction of sp³-hybridized carbons (Fsp3) is 0.667. The molecule has 17 heavy (non-hydrogen) atoms. The minimum absolute atomic E-state index is 0.177. The monoisotopic (exact) mass is 254 g/mol. The van der Waals surface area contributed by atoms with Crippen LogP contribution in [0.4, 0.5) is 0 Å². The van der Waals surface area contributed by atoms with E-state index in [1.807, 2.05) is 5.38 Å². The van der Waals surface area contributed by atoms with Gasteiger partial charge in [-0.1, -0.05) is 13.3 Å². The van der Waals surface area contributed by atoms with E-state index in [0.717, 1.165) is 12.2 Å². The van der Waals surface area contributed by atoms with Crippen molar-refractivity contribution in [3.05, 3.63) is 16.1 Å². The van der Waals surface area contributed by atoms with Crippen molar-refractivity contribution >= 4 is 17.3 Å². The molecule has 0 bridgehead atoms. The predicted molar refractivity (Wildman–Crippen MR) is 67.4 cm³/mol. The largest absolute Gasteiger partial charge is 0.476 e. The molecule has 0 radical (unpaired) electrons. The Labute approximate surface area is 105 Å². The van der Waals surface area contributed by atoms with Gasteiger partial charge in [0, 0.05) is 18.5 Å². The molecule has 1 fully saturated rings. The van der Waals surface area contributed by atoms with Crippen molar-refractivity contribution in [2.24, 2.45) is 5.41 Å². The van der Waals surface area contributed by atoms with Crippen LogP contribution in [0.1, 0.15) is 48.1 Å². The van der Waals surface area contributed by atoms with Crippen molar-refractivity contribution in [2.75, 3.05) is 6.54 Å². The van der Waals surface area contributed by atoms with Crippen molar-refractivity contribution < 1.29 is 9.90 Å². The minimum atomic E-state index is -0.939. The number of carboxylic acids is 1. The van der Waals surface area contributed by atoms with Crippen molar-refractivity contribution in [1.82, 2.24) is 10.3 Å². The predicted octanol–water partition coefficient (Wildman–Crippen LogP) is 2.51. The molecule has 2 N–H and O–H groups in total. The third kappa shape index (κ3) is 3.26. The zero-order valence-electron chi connectivity index (χ0n) is 10.0. The van der Waals surface area contributed by atoms with Crippen molar-refractivity contribution in [3.63, 3.8) is 0 Å². The summed E-state index contributed by atoms with van der Waals surface area (Å²) in [6.07, 6.45) is 5.18. The average molecular weight is 254 g/mol. The number of carbonyl (C=O) groups is 1. The first-order chi connectivity index (χ1) is 8.15. The first-order valence-corrected chi connectivity index (χ1v) is 6.92. The standard InChI is InChI=1S/C12H18N2O2S/c1-2-3-12(4-5-12)8-13-6-9-7-17-10(14-9)11(15)16/h7,13H,2-6,8H2,1H3,(H,15,16). The van der Waals surface area contributed by atoms with Crippen LogP contribution in [-0.2, 0) is 6.54 Å². The second-order valence-electron chi connectivity index (χ2n) is 4.80. The number of rotatable bonds is 7. The summed E-state index contributed by atoms with van der Waals surface area (Å²) in [6.45, 7) is 3.93. The lowest BCUT2D eigenvalue weighted by Crippen LogP contribution is -2.23. The molecule has 0 atom stereocenters. The molecule has 94 valence electrons. The van der Waals surface area contributed by atoms with E-state index < -0.39 is 5.97 Å². The number of nitrogens with zero attached hydrogens (tertiary/aromatic N) is 1. The Morgan fingerprint density at radius 1 is 1.65 bits per heavy atom. The number of aromatic nitrogens is 1. The molecule has 1 aliphatic rings. The normalized spacial score (nSPS) is 17.0. The molecule has 0 aromatic carbocycles. The Morgan fingerprint density at radius 2 is 2.41 bits per heavy atom. The van der Waals surface area contributed by atoms with Crippen molar-refractivity contribution in [1.29, 1.82) is 0 Å². The number of hydrogen-bond acceptors (Lipinski definition) is 4. The summed E-state index contributed by atoms with van der Waals surface area (Å²) >= 11 is 1.19. The highest BCUT2D eigenvalue weighted by Crippen LogP contribution is 2.48. The summed E-state index contributed by atoms with van der Waals surface area (Å²) in [5.74, 6) is -0.939. The third-order valence-electron chi connectivity index (χ3n) is 3.28. The summed E-state index contributed by atoms with van der Waals surface area (Å²) in [5.41, 5.74) is 1.36. The van der Waals surface area contributed by atoms with Gasteiger partial charge < -0.3 is 10.4 Å². The van der Waals surface area contributed by atoms with Gasteiger partial charge in [-0.3, -0.25) is 0 Å². The van der Waals surface area contributed by atoms with Gasteiger partial charge in [0.2, 0.25) is 5.01 Å². The van der Waals surface area contributed by atoms with Crippen LogP contribution < -0.4 is 5.32 Å². The van der Waals surface area contributed by atoms with E-state index in [0.29, 0.717) is 12.0 Å². The van der Waals surface area contributed by atoms with E-state index >= 15 is 0 Å². The maximum atomic E-state index is 10.7. The topological polar surface area (TPSA) is 62.2 Å². The second kappa shape index (κ2) is 5.14. The zero-order chi connectivity index (χ0) is 12.3. The van der Waals surface area contributed by atoms with Gasteiger partial charge in [0.15, 0.2) is 0 Å². The highest BCUT2D eigenvalue weighted by atomic mass is 32.1. The lowest BCUT2D eigenvalue weighted by Gasteiger charge is -2.13. The molecule has 0 aliphatic heterocycles. The van der Waals surface area contributed by atoms with Crippen LogP contribution in [0, 0.1) is 5.41 Å². The molecule has 2 rings (SSSR count). The first kappa shape index (κ1) is 12.5. The molecule has 5 heteroatoms. The Balaban J connectivity index is 1.76. The van der Waals surface area contributed by atoms with Gasteiger partial charge in [0.1, 0.15) is 0 Å². The molecule has 0 unspecified atom stereocenters. The van der Waals surface area contributed by atoms with E-state index in [-0.39, 0.29) is 5.01 Å². The molecule has 1 saturated carbocycles. The Bertz CT molecular complexity index is 399. The minimum Gasteiger partial charge on any atom is -0.476 e. The van der Waals surface area contributed by atoms with Gasteiger partial charge >= 0.3 is 5.97 Å². The molecule has 0 saturated heterocycles. The van der Waals surface area contributed by atoms with E-state index in [2.05, 4.69) is 17.2 Å². The molecule has 1 aliphatic carbocycles. The van der Waals surface area contributed by atoms with Gasteiger partial charge in [0.25, 0.3) is 0 Å². The van der Waals surface area contributed by atoms with Crippen LogP contribution in [0.5, 0.6) is 0 Å². The van der Waals surface area contributed by atoms with Crippen LogP contribution >= 0.6 is 11.3 Å². The molecule has 4 nitrogen and oxygen atoms in total. The van der Waals surface area contributed by atoms with Crippen LogP contribution in [0.2, 0.25) is 0 Å². The second-order valence-corrected chi connectivity index (χ2v) is 5.66. The van der Waals surface area contributed by atoms with Crippen LogP contribution in [0.3, 0.4) is 0 Å². The highest BCUT2D eigenvalue weighted by Gasteiger charge is 2.40. The van der Waals surface area contributed by atoms with Crippen LogP contribution in [0.25, 0.3) is 0 Å². The summed E-state index contributed by atoms with van der Waals surface area (Å²) in [7, 11) is 0. The Kier molecular flexibility index (Phi) is 3.79. The molecule has 1 aromatic heterocycles. The summed E-state index contributed by atoms with van der Waals surface area (Å²) in [6, 6.07) is 0. The fourth-order valence-electron chi connectivity index (χ4n) is 2.16. The number of hydrogen-bond donors (Lipinski definition) is 2. The van der Waals surface area contributed by atoms with Crippen LogP contribution in [-0.4, -0.2) is 22.6 Å². The van der Waals surface area contributed by atoms with Crippen molar-refractivity contribution in [3.8, 4) is 0 Å². The van der Waals surface area contributed by atoms with Gasteiger partial charge in [-0.25, -0.2) is 9.78 Å². The summed E-state index contributed by atoms with van der Waals surface area (Å²) in [4.78, 5) is 14.7. The molecule has 1 aromatic rings. The van der Waals surface area contributed by atoms with Crippen molar-refractivity contribution in [2.45, 2.75) is 39.2 Å². The smallest absolute Gasteiger partial charge is 0.365 e. The third-order valence-corrected chi connectivity index (χ3v) is 4.16. The van der Waals surface area contributed by atoms with Crippen LogP contribution in [0.15, 0.2) is 5.38 Å². The average Bonchev–Trinajstić information content (AvgIpc) is 2.88. The number of thiazole rings is 1. The number of carboxylic acid groups (broad SMARTS) is 1. The quantitative estimate of drug-likeness (QED) is 0.785. The molecular formula is C12H18N2O2S. The SMILES string of the molecule is CCCC1(CNCc2csc(C(=O)O)n2)CC1. The van der Waals surface area contributed by atoms with E-state index in [1.54, 1.807) is 0 Å². The lowest BCUT2D eigenvalue weighted by molar-refractivity contribution is 0.0696. The molecule has 1 heterocycles. The fourth-order valence-corrected chi connectivity index (χ4v) is 2.82. The van der Waals surface area contributed by atoms with E-state index in [1.165, 1.54) is 37.0 Å². The number of nitrogens with one attached hydrogen (secondary N) is 1. The van der Waals surface area contributed by atoms with E-state index in [4.69, 9.17) is 5.11 Å².